The molecule has 8 nitrogen and oxygen atoms in total. The Balaban J connectivity index is -0.000000213. The minimum absolute atomic E-state index is 0. The fraction of sp³-hybridized carbons (Fsp3) is 0.714. The summed E-state index contributed by atoms with van der Waals surface area (Å²) in [6.07, 6.45) is -0.00297. The van der Waals surface area contributed by atoms with Crippen molar-refractivity contribution < 1.29 is 100 Å². The van der Waals surface area contributed by atoms with Crippen molar-refractivity contribution in [3.63, 3.8) is 0 Å². The molecule has 0 unspecified atom stereocenters. The van der Waals surface area contributed by atoms with Gasteiger partial charge in [0.1, 0.15) is 0 Å². The fourth-order valence-corrected chi connectivity index (χ4v) is 1.92. The Hall–Kier alpha value is 1.64. The summed E-state index contributed by atoms with van der Waals surface area (Å²) in [7, 11) is -9.36. The third-order valence-corrected chi connectivity index (χ3v) is 3.68. The Morgan fingerprint density at radius 3 is 1.21 bits per heavy atom. The van der Waals surface area contributed by atoms with Crippen LogP contribution >= 0.6 is 15.2 Å². The van der Waals surface area contributed by atoms with Crippen molar-refractivity contribution in [2.24, 2.45) is 0 Å². The average Bonchev–Trinajstić information content (AvgIpc) is 2.13. The van der Waals surface area contributed by atoms with Crippen LogP contribution in [0.15, 0.2) is 0 Å². The minimum Gasteiger partial charge on any atom is -1.00 e. The van der Waals surface area contributed by atoms with Gasteiger partial charge in [-0.1, -0.05) is 6.42 Å². The van der Waals surface area contributed by atoms with E-state index in [0.717, 1.165) is 0 Å². The van der Waals surface area contributed by atoms with Crippen LogP contribution in [-0.2, 0) is 18.7 Å². The second-order valence-electron chi connectivity index (χ2n) is 3.44. The molecule has 0 aliphatic rings. The maximum Gasteiger partial charge on any atom is 1.00 e. The number of unbranched alkanes of at least 4 members (excludes halogenated alkanes) is 2. The largest absolute Gasteiger partial charge is 1.00 e. The van der Waals surface area contributed by atoms with Gasteiger partial charge >= 0.3 is 74.3 Å². The first-order valence-electron chi connectivity index (χ1n) is 4.73. The molecule has 0 saturated carbocycles. The zero-order valence-electron chi connectivity index (χ0n) is 12.9. The monoisotopic (exact) mass is 336 g/mol. The summed E-state index contributed by atoms with van der Waals surface area (Å²) in [4.78, 5) is 55.3. The van der Waals surface area contributed by atoms with E-state index in [4.69, 9.17) is 19.6 Å². The molecule has 12 heteroatoms. The zero-order valence-corrected chi connectivity index (χ0v) is 16.6. The Bertz CT molecular complexity index is 360. The first kappa shape index (κ1) is 25.6. The summed E-state index contributed by atoms with van der Waals surface area (Å²) < 4.78 is 20.8. The van der Waals surface area contributed by atoms with E-state index in [1.54, 1.807) is 0 Å². The predicted octanol–water partition coefficient (Wildman–Crippen LogP) is -5.42. The molecule has 4 N–H and O–H groups in total. The molecule has 0 atom stereocenters. The van der Waals surface area contributed by atoms with Gasteiger partial charge in [-0.25, -0.2) is 0 Å². The van der Waals surface area contributed by atoms with Crippen LogP contribution in [0.2, 0.25) is 0 Å². The van der Waals surface area contributed by atoms with Crippen LogP contribution in [0.1, 0.15) is 35.0 Å². The summed E-state index contributed by atoms with van der Waals surface area (Å²) in [5.74, 6) is 0. The van der Waals surface area contributed by atoms with Crippen molar-refractivity contribution in [1.82, 2.24) is 0 Å². The Kier molecular flexibility index (Phi) is 15.1. The van der Waals surface area contributed by atoms with E-state index in [1.165, 1.54) is 0 Å². The van der Waals surface area contributed by atoms with Gasteiger partial charge in [0.15, 0.2) is 0 Å². The molecule has 0 aromatic rings. The summed E-state index contributed by atoms with van der Waals surface area (Å²) >= 11 is 0. The molecule has 0 aromatic carbocycles. The normalized spacial score (nSPS) is 11.2. The van der Waals surface area contributed by atoms with Gasteiger partial charge in [0.25, 0.3) is 0 Å². The quantitative estimate of drug-likeness (QED) is 0.195. The molecule has 0 radical (unpaired) electrons. The predicted molar refractivity (Wildman–Crippen MR) is 59.4 cm³/mol. The van der Waals surface area contributed by atoms with E-state index in [1.807, 2.05) is 0 Å². The molecule has 0 heterocycles. The van der Waals surface area contributed by atoms with Crippen LogP contribution in [0.4, 0.5) is 0 Å². The van der Waals surface area contributed by atoms with Crippen LogP contribution in [-0.4, -0.2) is 30.6 Å². The van der Waals surface area contributed by atoms with Gasteiger partial charge in [-0.05, 0) is 12.8 Å². The minimum atomic E-state index is -4.68. The third kappa shape index (κ3) is 13.1. The van der Waals surface area contributed by atoms with Crippen LogP contribution < -0.4 is 59.1 Å². The maximum atomic E-state index is 10.8. The van der Waals surface area contributed by atoms with E-state index < -0.39 is 26.2 Å². The van der Waals surface area contributed by atoms with Gasteiger partial charge in [0.2, 0.25) is 11.0 Å². The average molecular weight is 336 g/mol. The van der Waals surface area contributed by atoms with Crippen LogP contribution in [0.25, 0.3) is 0 Å². The van der Waals surface area contributed by atoms with E-state index in [-0.39, 0.29) is 94.1 Å². The molecule has 0 saturated heterocycles. The maximum absolute atomic E-state index is 10.8. The molecule has 0 aliphatic heterocycles. The van der Waals surface area contributed by atoms with Crippen molar-refractivity contribution in [3.8, 4) is 0 Å². The molecule has 0 aliphatic carbocycles. The Morgan fingerprint density at radius 1 is 0.737 bits per heavy atom. The molecular formula is C7H16Na2O8P2. The molecular weight excluding hydrogens is 320 g/mol. The molecule has 0 fully saturated rings. The summed E-state index contributed by atoms with van der Waals surface area (Å²) in [5.41, 5.74) is -2.34. The second-order valence-corrected chi connectivity index (χ2v) is 6.61. The summed E-state index contributed by atoms with van der Waals surface area (Å²) in [5, 5.41) is 0. The first-order chi connectivity index (χ1) is 7.55. The van der Waals surface area contributed by atoms with Crippen molar-refractivity contribution in [2.75, 3.05) is 0 Å². The molecule has 0 amide bonds. The molecule has 0 rings (SSSR count). The van der Waals surface area contributed by atoms with E-state index >= 15 is 0 Å². The van der Waals surface area contributed by atoms with Crippen LogP contribution in [0, 0.1) is 0 Å². The topological polar surface area (TPSA) is 149 Å². The SMILES string of the molecule is O=C(CCCCCC(=O)P(=O)(O)O)P(=O)(O)O.[H-].[H-].[Na+].[Na+]. The number of carbonyl (C=O) groups excluding carboxylic acids is 2. The van der Waals surface area contributed by atoms with E-state index in [2.05, 4.69) is 0 Å². The Labute approximate surface area is 157 Å². The number of hydrogen-bond acceptors (Lipinski definition) is 4. The molecule has 0 aromatic heterocycles. The first-order valence-corrected chi connectivity index (χ1v) is 7.95. The Morgan fingerprint density at radius 2 is 1.00 bits per heavy atom. The van der Waals surface area contributed by atoms with Crippen LogP contribution in [0.3, 0.4) is 0 Å². The second kappa shape index (κ2) is 11.2. The van der Waals surface area contributed by atoms with Gasteiger partial charge in [-0.15, -0.1) is 0 Å². The summed E-state index contributed by atoms with van der Waals surface area (Å²) in [6, 6.07) is 0. The fourth-order valence-electron chi connectivity index (χ4n) is 1.02. The smallest absolute Gasteiger partial charge is 1.00 e. The third-order valence-electron chi connectivity index (χ3n) is 1.93. The summed E-state index contributed by atoms with van der Waals surface area (Å²) in [6.45, 7) is 0. The standard InChI is InChI=1S/C7H14O8P2.2Na.2H/c8-6(16(10,11)12)4-2-1-3-5-7(9)17(13,14)15;;;;/h1-5H2,(H2,10,11,12)(H2,13,14,15);;;;/q;2*+1;2*-1. The number of carbonyl (C=O) groups is 2. The molecule has 0 spiro atoms. The van der Waals surface area contributed by atoms with Gasteiger partial charge in [0.05, 0.1) is 0 Å². The molecule has 104 valence electrons. The number of rotatable bonds is 8. The zero-order chi connectivity index (χ0) is 13.7. The molecule has 19 heavy (non-hydrogen) atoms. The molecule has 0 bridgehead atoms. The van der Waals surface area contributed by atoms with Crippen molar-refractivity contribution in [1.29, 1.82) is 0 Å². The number of hydrogen-bond donors (Lipinski definition) is 4. The van der Waals surface area contributed by atoms with E-state index in [9.17, 15) is 18.7 Å². The van der Waals surface area contributed by atoms with Gasteiger partial charge in [0, 0.05) is 12.8 Å². The van der Waals surface area contributed by atoms with Crippen molar-refractivity contribution in [2.45, 2.75) is 32.1 Å². The van der Waals surface area contributed by atoms with Gasteiger partial charge < -0.3 is 22.4 Å². The van der Waals surface area contributed by atoms with Crippen molar-refractivity contribution in [3.05, 3.63) is 0 Å². The van der Waals surface area contributed by atoms with Gasteiger partial charge in [-0.3, -0.25) is 18.7 Å². The van der Waals surface area contributed by atoms with Crippen molar-refractivity contribution >= 4 is 26.2 Å². The van der Waals surface area contributed by atoms with Gasteiger partial charge in [-0.2, -0.15) is 0 Å². The van der Waals surface area contributed by atoms with Crippen LogP contribution in [0.5, 0.6) is 0 Å². The van der Waals surface area contributed by atoms with E-state index in [0.29, 0.717) is 0 Å².